The molecule has 0 heterocycles. The molecule has 0 amide bonds. The minimum absolute atomic E-state index is 0.416. The summed E-state index contributed by atoms with van der Waals surface area (Å²) in [5, 5.41) is 0. The summed E-state index contributed by atoms with van der Waals surface area (Å²) in [4.78, 5) is 2.56. The summed E-state index contributed by atoms with van der Waals surface area (Å²) in [5.74, 6) is 0.957. The molecular formula is C14H30N2. The Morgan fingerprint density at radius 1 is 1.25 bits per heavy atom. The molecule has 0 radical (unpaired) electrons. The highest BCUT2D eigenvalue weighted by molar-refractivity contribution is 4.76. The van der Waals surface area contributed by atoms with Gasteiger partial charge in [0.15, 0.2) is 0 Å². The Morgan fingerprint density at radius 3 is 2.44 bits per heavy atom. The standard InChI is InChI=1S/C14H30N2/c1-4-13(15)6-5-11-16(3)14-9-7-12(2)8-10-14/h12-14H,4-11,15H2,1-3H3. The van der Waals surface area contributed by atoms with E-state index in [9.17, 15) is 0 Å². The number of nitrogens with two attached hydrogens (primary N) is 1. The van der Waals surface area contributed by atoms with Crippen LogP contribution in [0.3, 0.4) is 0 Å². The van der Waals surface area contributed by atoms with Crippen LogP contribution in [0.1, 0.15) is 58.8 Å². The normalized spacial score (nSPS) is 28.3. The SMILES string of the molecule is CCC(N)CCCN(C)C1CCC(C)CC1. The van der Waals surface area contributed by atoms with E-state index in [0.717, 1.165) is 18.4 Å². The van der Waals surface area contributed by atoms with Crippen LogP contribution in [0.15, 0.2) is 0 Å². The smallest absolute Gasteiger partial charge is 0.00924 e. The first kappa shape index (κ1) is 14.0. The molecule has 1 unspecified atom stereocenters. The van der Waals surface area contributed by atoms with Crippen LogP contribution in [0.2, 0.25) is 0 Å². The van der Waals surface area contributed by atoms with E-state index in [1.54, 1.807) is 0 Å². The van der Waals surface area contributed by atoms with E-state index in [1.165, 1.54) is 45.1 Å². The third kappa shape index (κ3) is 4.84. The van der Waals surface area contributed by atoms with E-state index in [4.69, 9.17) is 5.73 Å². The molecule has 96 valence electrons. The fourth-order valence-corrected chi connectivity index (χ4v) is 2.67. The molecule has 16 heavy (non-hydrogen) atoms. The van der Waals surface area contributed by atoms with Gasteiger partial charge in [0, 0.05) is 12.1 Å². The van der Waals surface area contributed by atoms with Gasteiger partial charge in [0.05, 0.1) is 0 Å². The van der Waals surface area contributed by atoms with E-state index >= 15 is 0 Å². The first-order valence-corrected chi connectivity index (χ1v) is 7.09. The van der Waals surface area contributed by atoms with Crippen molar-refractivity contribution in [3.8, 4) is 0 Å². The molecule has 2 N–H and O–H groups in total. The molecule has 0 aliphatic heterocycles. The first-order chi connectivity index (χ1) is 7.63. The van der Waals surface area contributed by atoms with Crippen molar-refractivity contribution in [2.24, 2.45) is 11.7 Å². The molecule has 1 saturated carbocycles. The maximum atomic E-state index is 5.94. The maximum Gasteiger partial charge on any atom is 0.00924 e. The molecule has 0 spiro atoms. The van der Waals surface area contributed by atoms with E-state index in [2.05, 4.69) is 25.8 Å². The van der Waals surface area contributed by atoms with E-state index in [0.29, 0.717) is 6.04 Å². The van der Waals surface area contributed by atoms with Crippen LogP contribution in [0.5, 0.6) is 0 Å². The van der Waals surface area contributed by atoms with E-state index in [-0.39, 0.29) is 0 Å². The van der Waals surface area contributed by atoms with Crippen molar-refractivity contribution in [2.45, 2.75) is 70.9 Å². The molecule has 2 heteroatoms. The van der Waals surface area contributed by atoms with Crippen LogP contribution in [0, 0.1) is 5.92 Å². The molecule has 0 aromatic carbocycles. The third-order valence-corrected chi connectivity index (χ3v) is 4.22. The third-order valence-electron chi connectivity index (χ3n) is 4.22. The van der Waals surface area contributed by atoms with Crippen molar-refractivity contribution < 1.29 is 0 Å². The van der Waals surface area contributed by atoms with E-state index < -0.39 is 0 Å². The van der Waals surface area contributed by atoms with Crippen molar-refractivity contribution >= 4 is 0 Å². The van der Waals surface area contributed by atoms with Gasteiger partial charge in [-0.1, -0.05) is 13.8 Å². The Bertz CT molecular complexity index is 174. The van der Waals surface area contributed by atoms with Gasteiger partial charge < -0.3 is 10.6 Å². The van der Waals surface area contributed by atoms with Gasteiger partial charge in [0.25, 0.3) is 0 Å². The summed E-state index contributed by atoms with van der Waals surface area (Å²) >= 11 is 0. The summed E-state index contributed by atoms with van der Waals surface area (Å²) in [6, 6.07) is 1.26. The fourth-order valence-electron chi connectivity index (χ4n) is 2.67. The summed E-state index contributed by atoms with van der Waals surface area (Å²) in [5.41, 5.74) is 5.94. The summed E-state index contributed by atoms with van der Waals surface area (Å²) in [6.07, 6.45) is 9.20. The highest BCUT2D eigenvalue weighted by Gasteiger charge is 2.21. The first-order valence-electron chi connectivity index (χ1n) is 7.09. The van der Waals surface area contributed by atoms with Crippen molar-refractivity contribution in [3.05, 3.63) is 0 Å². The summed E-state index contributed by atoms with van der Waals surface area (Å²) in [6.45, 7) is 5.79. The van der Waals surface area contributed by atoms with Gasteiger partial charge in [-0.2, -0.15) is 0 Å². The van der Waals surface area contributed by atoms with Gasteiger partial charge in [0.1, 0.15) is 0 Å². The molecule has 1 rings (SSSR count). The molecule has 1 aliphatic rings. The lowest BCUT2D eigenvalue weighted by atomic mass is 9.86. The molecule has 1 fully saturated rings. The zero-order valence-corrected chi connectivity index (χ0v) is 11.4. The Labute approximate surface area is 102 Å². The second kappa shape index (κ2) is 7.29. The molecule has 0 saturated heterocycles. The topological polar surface area (TPSA) is 29.3 Å². The van der Waals surface area contributed by atoms with Crippen molar-refractivity contribution in [2.75, 3.05) is 13.6 Å². The molecule has 1 atom stereocenters. The average molecular weight is 226 g/mol. The summed E-state index contributed by atoms with van der Waals surface area (Å²) in [7, 11) is 2.29. The highest BCUT2D eigenvalue weighted by Crippen LogP contribution is 2.26. The largest absolute Gasteiger partial charge is 0.328 e. The van der Waals surface area contributed by atoms with Gasteiger partial charge in [-0.15, -0.1) is 0 Å². The lowest BCUT2D eigenvalue weighted by Crippen LogP contribution is -2.36. The Balaban J connectivity index is 2.12. The Morgan fingerprint density at radius 2 is 1.88 bits per heavy atom. The monoisotopic (exact) mass is 226 g/mol. The van der Waals surface area contributed by atoms with Gasteiger partial charge >= 0.3 is 0 Å². The second-order valence-corrected chi connectivity index (χ2v) is 5.70. The highest BCUT2D eigenvalue weighted by atomic mass is 15.1. The molecule has 0 aromatic heterocycles. The van der Waals surface area contributed by atoms with Crippen LogP contribution in [-0.4, -0.2) is 30.6 Å². The maximum absolute atomic E-state index is 5.94. The molecule has 0 aromatic rings. The quantitative estimate of drug-likeness (QED) is 0.754. The van der Waals surface area contributed by atoms with Crippen LogP contribution >= 0.6 is 0 Å². The molecule has 2 nitrogen and oxygen atoms in total. The zero-order chi connectivity index (χ0) is 12.0. The number of rotatable bonds is 6. The minimum Gasteiger partial charge on any atom is -0.328 e. The lowest BCUT2D eigenvalue weighted by Gasteiger charge is -2.33. The van der Waals surface area contributed by atoms with Crippen LogP contribution in [0.4, 0.5) is 0 Å². The number of hydrogen-bond acceptors (Lipinski definition) is 2. The molecule has 1 aliphatic carbocycles. The van der Waals surface area contributed by atoms with Crippen molar-refractivity contribution in [1.82, 2.24) is 4.90 Å². The Kier molecular flexibility index (Phi) is 6.37. The minimum atomic E-state index is 0.416. The van der Waals surface area contributed by atoms with Crippen molar-refractivity contribution in [3.63, 3.8) is 0 Å². The predicted octanol–water partition coefficient (Wildman–Crippen LogP) is 3.01. The van der Waals surface area contributed by atoms with Crippen molar-refractivity contribution in [1.29, 1.82) is 0 Å². The summed E-state index contributed by atoms with van der Waals surface area (Å²) < 4.78 is 0. The van der Waals surface area contributed by atoms with E-state index in [1.807, 2.05) is 0 Å². The van der Waals surface area contributed by atoms with Crippen LogP contribution < -0.4 is 5.73 Å². The number of hydrogen-bond donors (Lipinski definition) is 1. The lowest BCUT2D eigenvalue weighted by molar-refractivity contribution is 0.167. The van der Waals surface area contributed by atoms with Gasteiger partial charge in [-0.3, -0.25) is 0 Å². The molecule has 0 bridgehead atoms. The van der Waals surface area contributed by atoms with Crippen LogP contribution in [-0.2, 0) is 0 Å². The molecular weight excluding hydrogens is 196 g/mol. The fraction of sp³-hybridized carbons (Fsp3) is 1.00. The van der Waals surface area contributed by atoms with Crippen LogP contribution in [0.25, 0.3) is 0 Å². The average Bonchev–Trinajstić information content (AvgIpc) is 2.29. The number of nitrogens with zero attached hydrogens (tertiary/aromatic N) is 1. The van der Waals surface area contributed by atoms with Gasteiger partial charge in [0.2, 0.25) is 0 Å². The van der Waals surface area contributed by atoms with Gasteiger partial charge in [-0.25, -0.2) is 0 Å². The Hall–Kier alpha value is -0.0800. The predicted molar refractivity (Wildman–Crippen MR) is 71.6 cm³/mol. The van der Waals surface area contributed by atoms with Gasteiger partial charge in [-0.05, 0) is 64.5 Å². The zero-order valence-electron chi connectivity index (χ0n) is 11.4. The second-order valence-electron chi connectivity index (χ2n) is 5.70.